The lowest BCUT2D eigenvalue weighted by Crippen LogP contribution is -2.24. The molecule has 24 heavy (non-hydrogen) atoms. The van der Waals surface area contributed by atoms with E-state index in [1.54, 1.807) is 12.2 Å². The van der Waals surface area contributed by atoms with Gasteiger partial charge in [-0.1, -0.05) is 54.1 Å². The van der Waals surface area contributed by atoms with E-state index in [0.29, 0.717) is 5.56 Å². The Labute approximate surface area is 143 Å². The molecule has 7 nitrogen and oxygen atoms in total. The Morgan fingerprint density at radius 2 is 2.12 bits per heavy atom. The number of ether oxygens (including phenoxy) is 1. The molecular weight excluding hydrogens is 334 g/mol. The Hall–Kier alpha value is -2.93. The summed E-state index contributed by atoms with van der Waals surface area (Å²) in [5, 5.41) is 13.4. The van der Waals surface area contributed by atoms with Gasteiger partial charge in [-0.05, 0) is 5.56 Å². The summed E-state index contributed by atoms with van der Waals surface area (Å²) < 4.78 is 5.04. The zero-order valence-electron chi connectivity index (χ0n) is 12.5. The van der Waals surface area contributed by atoms with Crippen LogP contribution in [-0.2, 0) is 11.3 Å². The fraction of sp³-hybridized carbons (Fsp3) is 0.125. The molecule has 0 saturated carbocycles. The average Bonchev–Trinajstić information content (AvgIpc) is 2.59. The van der Waals surface area contributed by atoms with Crippen LogP contribution in [0.25, 0.3) is 6.08 Å². The highest BCUT2D eigenvalue weighted by atomic mass is 35.5. The second kappa shape index (κ2) is 8.64. The first-order valence-corrected chi connectivity index (χ1v) is 7.35. The summed E-state index contributed by atoms with van der Waals surface area (Å²) in [6.07, 6.45) is 3.65. The lowest BCUT2D eigenvalue weighted by atomic mass is 10.2. The summed E-state index contributed by atoms with van der Waals surface area (Å²) in [7, 11) is 0. The number of nitrogens with zero attached hydrogens (tertiary/aromatic N) is 2. The summed E-state index contributed by atoms with van der Waals surface area (Å²) in [4.78, 5) is 25.4. The highest BCUT2D eigenvalue weighted by Gasteiger charge is 2.09. The largest absolute Gasteiger partial charge is 0.445 e. The second-order valence-corrected chi connectivity index (χ2v) is 5.03. The van der Waals surface area contributed by atoms with Crippen LogP contribution in [-0.4, -0.2) is 22.5 Å². The summed E-state index contributed by atoms with van der Waals surface area (Å²) in [6, 6.07) is 10.6. The molecule has 0 fully saturated rings. The molecule has 2 rings (SSSR count). The van der Waals surface area contributed by atoms with Crippen molar-refractivity contribution in [1.29, 1.82) is 0 Å². The zero-order valence-corrected chi connectivity index (χ0v) is 13.3. The smallest absolute Gasteiger partial charge is 0.407 e. The number of aromatic nitrogens is 1. The van der Waals surface area contributed by atoms with Gasteiger partial charge in [0.1, 0.15) is 18.0 Å². The third-order valence-corrected chi connectivity index (χ3v) is 3.25. The molecule has 0 radical (unpaired) electrons. The van der Waals surface area contributed by atoms with Gasteiger partial charge >= 0.3 is 6.09 Å². The van der Waals surface area contributed by atoms with E-state index in [0.717, 1.165) is 11.8 Å². The molecule has 1 heterocycles. The van der Waals surface area contributed by atoms with Gasteiger partial charge in [-0.25, -0.2) is 9.78 Å². The van der Waals surface area contributed by atoms with Crippen LogP contribution in [0, 0.1) is 10.1 Å². The van der Waals surface area contributed by atoms with Crippen molar-refractivity contribution in [2.75, 3.05) is 6.54 Å². The summed E-state index contributed by atoms with van der Waals surface area (Å²) in [5.41, 5.74) is 1.12. The molecule has 1 aromatic carbocycles. The SMILES string of the molecule is O=C(NCC=Cc1cc([N+](=O)[O-])cnc1Cl)OCc1ccccc1. The van der Waals surface area contributed by atoms with Crippen molar-refractivity contribution in [1.82, 2.24) is 10.3 Å². The van der Waals surface area contributed by atoms with Gasteiger partial charge in [-0.15, -0.1) is 0 Å². The Morgan fingerprint density at radius 3 is 2.83 bits per heavy atom. The predicted molar refractivity (Wildman–Crippen MR) is 89.6 cm³/mol. The van der Waals surface area contributed by atoms with Crippen LogP contribution in [0.4, 0.5) is 10.5 Å². The molecule has 0 spiro atoms. The average molecular weight is 348 g/mol. The monoisotopic (exact) mass is 347 g/mol. The summed E-state index contributed by atoms with van der Waals surface area (Å²) >= 11 is 5.86. The van der Waals surface area contributed by atoms with E-state index >= 15 is 0 Å². The number of benzene rings is 1. The fourth-order valence-corrected chi connectivity index (χ4v) is 1.94. The van der Waals surface area contributed by atoms with E-state index in [1.807, 2.05) is 30.3 Å². The molecule has 0 aliphatic heterocycles. The Morgan fingerprint density at radius 1 is 1.38 bits per heavy atom. The number of hydrogen-bond donors (Lipinski definition) is 1. The van der Waals surface area contributed by atoms with Gasteiger partial charge in [0.15, 0.2) is 0 Å². The van der Waals surface area contributed by atoms with Crippen molar-refractivity contribution < 1.29 is 14.5 Å². The molecule has 2 aromatic rings. The highest BCUT2D eigenvalue weighted by molar-refractivity contribution is 6.30. The van der Waals surface area contributed by atoms with Gasteiger partial charge in [0.2, 0.25) is 0 Å². The van der Waals surface area contributed by atoms with Crippen molar-refractivity contribution in [3.05, 3.63) is 75.1 Å². The second-order valence-electron chi connectivity index (χ2n) is 4.68. The lowest BCUT2D eigenvalue weighted by molar-refractivity contribution is -0.385. The number of hydrogen-bond acceptors (Lipinski definition) is 5. The molecule has 1 N–H and O–H groups in total. The van der Waals surface area contributed by atoms with E-state index < -0.39 is 11.0 Å². The van der Waals surface area contributed by atoms with Crippen LogP contribution in [0.5, 0.6) is 0 Å². The maximum Gasteiger partial charge on any atom is 0.407 e. The molecule has 1 aromatic heterocycles. The van der Waals surface area contributed by atoms with Crippen LogP contribution in [0.2, 0.25) is 5.15 Å². The molecule has 0 unspecified atom stereocenters. The Bertz CT molecular complexity index is 750. The number of amides is 1. The molecule has 0 aliphatic carbocycles. The molecule has 8 heteroatoms. The number of carbonyl (C=O) groups excluding carboxylic acids is 1. The van der Waals surface area contributed by atoms with Crippen molar-refractivity contribution in [3.63, 3.8) is 0 Å². The van der Waals surface area contributed by atoms with Gasteiger partial charge in [0.05, 0.1) is 4.92 Å². The van der Waals surface area contributed by atoms with Gasteiger partial charge < -0.3 is 10.1 Å². The minimum Gasteiger partial charge on any atom is -0.445 e. The van der Waals surface area contributed by atoms with Crippen molar-refractivity contribution in [3.8, 4) is 0 Å². The van der Waals surface area contributed by atoms with E-state index in [-0.39, 0.29) is 24.0 Å². The normalized spacial score (nSPS) is 10.5. The number of nitro groups is 1. The number of pyridine rings is 1. The molecule has 124 valence electrons. The van der Waals surface area contributed by atoms with Gasteiger partial charge in [-0.3, -0.25) is 10.1 Å². The molecule has 0 saturated heterocycles. The molecule has 1 amide bonds. The minimum absolute atomic E-state index is 0.142. The number of carbonyl (C=O) groups is 1. The van der Waals surface area contributed by atoms with Crippen LogP contribution in [0.3, 0.4) is 0 Å². The number of alkyl carbamates (subject to hydrolysis) is 1. The van der Waals surface area contributed by atoms with Crippen LogP contribution in [0.15, 0.2) is 48.7 Å². The lowest BCUT2D eigenvalue weighted by Gasteiger charge is -2.05. The highest BCUT2D eigenvalue weighted by Crippen LogP contribution is 2.20. The van der Waals surface area contributed by atoms with E-state index in [4.69, 9.17) is 16.3 Å². The van der Waals surface area contributed by atoms with Gasteiger partial charge in [-0.2, -0.15) is 0 Å². The van der Waals surface area contributed by atoms with Crippen LogP contribution in [0.1, 0.15) is 11.1 Å². The Kier molecular flexibility index (Phi) is 6.27. The van der Waals surface area contributed by atoms with Crippen LogP contribution < -0.4 is 5.32 Å². The zero-order chi connectivity index (χ0) is 17.4. The number of rotatable bonds is 6. The number of nitrogens with one attached hydrogen (secondary N) is 1. The van der Waals surface area contributed by atoms with E-state index in [9.17, 15) is 14.9 Å². The fourth-order valence-electron chi connectivity index (χ4n) is 1.77. The third kappa shape index (κ3) is 5.36. The van der Waals surface area contributed by atoms with Crippen molar-refractivity contribution in [2.45, 2.75) is 6.61 Å². The number of halogens is 1. The predicted octanol–water partition coefficient (Wildman–Crippen LogP) is 3.58. The Balaban J connectivity index is 1.81. The third-order valence-electron chi connectivity index (χ3n) is 2.94. The quantitative estimate of drug-likeness (QED) is 0.489. The molecular formula is C16H14ClN3O4. The first kappa shape index (κ1) is 17.4. The molecule has 0 atom stereocenters. The van der Waals surface area contributed by atoms with Crippen molar-refractivity contribution >= 4 is 29.5 Å². The van der Waals surface area contributed by atoms with Gasteiger partial charge in [0, 0.05) is 18.2 Å². The van der Waals surface area contributed by atoms with E-state index in [1.165, 1.54) is 6.07 Å². The summed E-state index contributed by atoms with van der Waals surface area (Å²) in [5.74, 6) is 0. The first-order valence-electron chi connectivity index (χ1n) is 6.97. The maximum absolute atomic E-state index is 11.5. The molecule has 0 aliphatic rings. The summed E-state index contributed by atoms with van der Waals surface area (Å²) in [6.45, 7) is 0.365. The minimum atomic E-state index is -0.563. The standard InChI is InChI=1S/C16H14ClN3O4/c17-15-13(9-14(10-19-15)20(22)23)7-4-8-18-16(21)24-11-12-5-2-1-3-6-12/h1-7,9-10H,8,11H2,(H,18,21). The van der Waals surface area contributed by atoms with Gasteiger partial charge in [0.25, 0.3) is 5.69 Å². The van der Waals surface area contributed by atoms with Crippen molar-refractivity contribution in [2.24, 2.45) is 0 Å². The van der Waals surface area contributed by atoms with Crippen LogP contribution >= 0.6 is 11.6 Å². The maximum atomic E-state index is 11.5. The molecule has 0 bridgehead atoms. The first-order chi connectivity index (χ1) is 11.6. The topological polar surface area (TPSA) is 94.4 Å². The van der Waals surface area contributed by atoms with E-state index in [2.05, 4.69) is 10.3 Å².